The lowest BCUT2D eigenvalue weighted by Crippen LogP contribution is -2.31. The maximum atomic E-state index is 4.78. The Hall–Kier alpha value is -2.96. The largest absolute Gasteiger partial charge is 0.294 e. The maximum Gasteiger partial charge on any atom is 0.160 e. The molecule has 6 heteroatoms. The van der Waals surface area contributed by atoms with E-state index in [0.717, 1.165) is 48.8 Å². The minimum absolute atomic E-state index is 0.758. The molecular weight excluding hydrogens is 366 g/mol. The van der Waals surface area contributed by atoms with Crippen molar-refractivity contribution in [3.05, 3.63) is 83.4 Å². The molecule has 0 saturated carbocycles. The van der Waals surface area contributed by atoms with E-state index in [2.05, 4.69) is 49.5 Å². The van der Waals surface area contributed by atoms with Gasteiger partial charge in [-0.25, -0.2) is 9.97 Å². The van der Waals surface area contributed by atoms with Crippen LogP contribution < -0.4 is 0 Å². The van der Waals surface area contributed by atoms with E-state index in [4.69, 9.17) is 4.98 Å². The zero-order chi connectivity index (χ0) is 18.8. The molecular formula is C22H19N5S. The number of hydrogen-bond donors (Lipinski definition) is 0. The summed E-state index contributed by atoms with van der Waals surface area (Å²) in [5.74, 6) is 0.758. The van der Waals surface area contributed by atoms with Crippen molar-refractivity contribution in [1.82, 2.24) is 24.8 Å². The molecule has 0 aliphatic carbocycles. The van der Waals surface area contributed by atoms with Gasteiger partial charge in [-0.15, -0.1) is 11.3 Å². The molecule has 0 atom stereocenters. The zero-order valence-corrected chi connectivity index (χ0v) is 16.1. The number of nitrogens with zero attached hydrogens (tertiary/aromatic N) is 5. The van der Waals surface area contributed by atoms with Gasteiger partial charge in [0.25, 0.3) is 0 Å². The van der Waals surface area contributed by atoms with Crippen molar-refractivity contribution in [2.45, 2.75) is 19.5 Å². The SMILES string of the molecule is c1cncc(-c2ncc3c(n2)CCN(Cc2ccc(-c4cccs4)nc2)C3)c1. The van der Waals surface area contributed by atoms with Gasteiger partial charge in [0, 0.05) is 62.0 Å². The van der Waals surface area contributed by atoms with E-state index in [1.54, 1.807) is 17.5 Å². The van der Waals surface area contributed by atoms with Crippen LogP contribution in [0.25, 0.3) is 22.0 Å². The second kappa shape index (κ2) is 7.58. The minimum atomic E-state index is 0.758. The summed E-state index contributed by atoms with van der Waals surface area (Å²) in [5, 5.41) is 2.08. The first-order valence-electron chi connectivity index (χ1n) is 9.31. The van der Waals surface area contributed by atoms with Crippen molar-refractivity contribution in [2.75, 3.05) is 6.54 Å². The lowest BCUT2D eigenvalue weighted by atomic mass is 10.1. The van der Waals surface area contributed by atoms with Gasteiger partial charge in [0.2, 0.25) is 0 Å². The van der Waals surface area contributed by atoms with Crippen LogP contribution in [0.4, 0.5) is 0 Å². The fourth-order valence-electron chi connectivity index (χ4n) is 3.49. The standard InChI is InChI=1S/C22H19N5S/c1-3-17(12-23-8-1)22-25-13-18-15-27(9-7-19(18)26-22)14-16-5-6-20(24-11-16)21-4-2-10-28-21/h1-6,8,10-13H,7,9,14-15H2. The Bertz CT molecular complexity index is 1060. The average Bonchev–Trinajstić information content (AvgIpc) is 3.29. The second-order valence-electron chi connectivity index (χ2n) is 6.90. The highest BCUT2D eigenvalue weighted by Gasteiger charge is 2.19. The predicted octanol–water partition coefficient (Wildman–Crippen LogP) is 4.22. The van der Waals surface area contributed by atoms with Gasteiger partial charge in [0.1, 0.15) is 0 Å². The predicted molar refractivity (Wildman–Crippen MR) is 111 cm³/mol. The van der Waals surface area contributed by atoms with Crippen molar-refractivity contribution >= 4 is 11.3 Å². The number of rotatable bonds is 4. The summed E-state index contributed by atoms with van der Waals surface area (Å²) in [4.78, 5) is 21.8. The molecule has 5 heterocycles. The summed E-state index contributed by atoms with van der Waals surface area (Å²) in [7, 11) is 0. The summed E-state index contributed by atoms with van der Waals surface area (Å²) < 4.78 is 0. The Morgan fingerprint density at radius 2 is 2.00 bits per heavy atom. The van der Waals surface area contributed by atoms with Crippen molar-refractivity contribution in [1.29, 1.82) is 0 Å². The number of fused-ring (bicyclic) bond motifs is 1. The normalized spacial score (nSPS) is 14.0. The molecule has 4 aromatic rings. The van der Waals surface area contributed by atoms with Crippen LogP contribution in [-0.4, -0.2) is 31.4 Å². The molecule has 138 valence electrons. The number of pyridine rings is 2. The highest BCUT2D eigenvalue weighted by Crippen LogP contribution is 2.24. The lowest BCUT2D eigenvalue weighted by Gasteiger charge is -2.28. The van der Waals surface area contributed by atoms with Gasteiger partial charge in [-0.2, -0.15) is 0 Å². The number of thiophene rings is 1. The van der Waals surface area contributed by atoms with Crippen LogP contribution in [-0.2, 0) is 19.5 Å². The molecule has 5 nitrogen and oxygen atoms in total. The molecule has 0 N–H and O–H groups in total. The van der Waals surface area contributed by atoms with Crippen LogP contribution >= 0.6 is 11.3 Å². The minimum Gasteiger partial charge on any atom is -0.294 e. The summed E-state index contributed by atoms with van der Waals surface area (Å²) in [6, 6.07) is 12.4. The van der Waals surface area contributed by atoms with E-state index in [9.17, 15) is 0 Å². The van der Waals surface area contributed by atoms with E-state index in [1.807, 2.05) is 30.7 Å². The van der Waals surface area contributed by atoms with Gasteiger partial charge in [0.15, 0.2) is 5.82 Å². The molecule has 0 amide bonds. The quantitative estimate of drug-likeness (QED) is 0.526. The molecule has 0 radical (unpaired) electrons. The molecule has 0 spiro atoms. The fraction of sp³-hybridized carbons (Fsp3) is 0.182. The Labute approximate surface area is 167 Å². The van der Waals surface area contributed by atoms with Crippen LogP contribution in [0.3, 0.4) is 0 Å². The zero-order valence-electron chi connectivity index (χ0n) is 15.3. The van der Waals surface area contributed by atoms with E-state index >= 15 is 0 Å². The molecule has 0 unspecified atom stereocenters. The van der Waals surface area contributed by atoms with Crippen LogP contribution in [0.1, 0.15) is 16.8 Å². The smallest absolute Gasteiger partial charge is 0.160 e. The van der Waals surface area contributed by atoms with E-state index in [1.165, 1.54) is 16.0 Å². The highest BCUT2D eigenvalue weighted by atomic mass is 32.1. The molecule has 28 heavy (non-hydrogen) atoms. The summed E-state index contributed by atoms with van der Waals surface area (Å²) >= 11 is 1.72. The maximum absolute atomic E-state index is 4.78. The van der Waals surface area contributed by atoms with Gasteiger partial charge >= 0.3 is 0 Å². The number of hydrogen-bond acceptors (Lipinski definition) is 6. The molecule has 0 fully saturated rings. The van der Waals surface area contributed by atoms with Gasteiger partial charge in [-0.1, -0.05) is 12.1 Å². The van der Waals surface area contributed by atoms with Crippen molar-refractivity contribution in [3.63, 3.8) is 0 Å². The third-order valence-corrected chi connectivity index (χ3v) is 5.83. The Morgan fingerprint density at radius 1 is 1.00 bits per heavy atom. The van der Waals surface area contributed by atoms with Gasteiger partial charge in [-0.3, -0.25) is 14.9 Å². The second-order valence-corrected chi connectivity index (χ2v) is 7.84. The first kappa shape index (κ1) is 17.2. The first-order valence-corrected chi connectivity index (χ1v) is 10.2. The van der Waals surface area contributed by atoms with Crippen LogP contribution in [0.2, 0.25) is 0 Å². The monoisotopic (exact) mass is 385 g/mol. The third kappa shape index (κ3) is 3.56. The summed E-state index contributed by atoms with van der Waals surface area (Å²) in [6.45, 7) is 2.75. The van der Waals surface area contributed by atoms with Gasteiger partial charge < -0.3 is 0 Å². The molecule has 0 aromatic carbocycles. The van der Waals surface area contributed by atoms with Gasteiger partial charge in [0.05, 0.1) is 16.3 Å². The molecule has 4 aromatic heterocycles. The molecule has 1 aliphatic heterocycles. The molecule has 1 aliphatic rings. The lowest BCUT2D eigenvalue weighted by molar-refractivity contribution is 0.242. The third-order valence-electron chi connectivity index (χ3n) is 4.94. The Kier molecular flexibility index (Phi) is 4.64. The van der Waals surface area contributed by atoms with E-state index in [-0.39, 0.29) is 0 Å². The molecule has 5 rings (SSSR count). The fourth-order valence-corrected chi connectivity index (χ4v) is 4.19. The van der Waals surface area contributed by atoms with Crippen LogP contribution in [0, 0.1) is 0 Å². The summed E-state index contributed by atoms with van der Waals surface area (Å²) in [6.07, 6.45) is 8.47. The average molecular weight is 385 g/mol. The highest BCUT2D eigenvalue weighted by molar-refractivity contribution is 7.13. The van der Waals surface area contributed by atoms with Crippen molar-refractivity contribution in [3.8, 4) is 22.0 Å². The molecule has 0 bridgehead atoms. The van der Waals surface area contributed by atoms with Crippen LogP contribution in [0.5, 0.6) is 0 Å². The molecule has 0 saturated heterocycles. The van der Waals surface area contributed by atoms with Crippen molar-refractivity contribution in [2.24, 2.45) is 0 Å². The Morgan fingerprint density at radius 3 is 2.79 bits per heavy atom. The van der Waals surface area contributed by atoms with E-state index in [0.29, 0.717) is 0 Å². The first-order chi connectivity index (χ1) is 13.8. The van der Waals surface area contributed by atoms with Crippen molar-refractivity contribution < 1.29 is 0 Å². The van der Waals surface area contributed by atoms with Gasteiger partial charge in [-0.05, 0) is 35.2 Å². The number of aromatic nitrogens is 4. The van der Waals surface area contributed by atoms with E-state index < -0.39 is 0 Å². The topological polar surface area (TPSA) is 54.8 Å². The van der Waals surface area contributed by atoms with Crippen LogP contribution in [0.15, 0.2) is 66.6 Å². The Balaban J connectivity index is 1.28. The summed E-state index contributed by atoms with van der Waals surface area (Å²) in [5.41, 5.74) is 5.60.